The Morgan fingerprint density at radius 2 is 1.36 bits per heavy atom. The molecule has 1 saturated heterocycles. The fourth-order valence-electron chi connectivity index (χ4n) is 4.78. The molecule has 0 aromatic heterocycles. The van der Waals surface area contributed by atoms with Gasteiger partial charge in [0, 0.05) is 10.9 Å². The first kappa shape index (κ1) is 30.5. The molecule has 1 aliphatic heterocycles. The number of nitrogens with zero attached hydrogens (tertiary/aromatic N) is 2. The Bertz CT molecular complexity index is 1450. The summed E-state index contributed by atoms with van der Waals surface area (Å²) < 4.78 is 17.3. The molecule has 2 amide bonds. The van der Waals surface area contributed by atoms with Gasteiger partial charge in [-0.25, -0.2) is 19.4 Å². The van der Waals surface area contributed by atoms with Gasteiger partial charge in [-0.1, -0.05) is 95.3 Å². The molecule has 42 heavy (non-hydrogen) atoms. The fourth-order valence-corrected chi connectivity index (χ4v) is 5.04. The lowest BCUT2D eigenvalue weighted by atomic mass is 9.85. The molecule has 1 heterocycles. The number of hydrogen-bond donors (Lipinski definition) is 0. The zero-order valence-corrected chi connectivity index (χ0v) is 24.9. The van der Waals surface area contributed by atoms with Crippen LogP contribution in [0.5, 0.6) is 0 Å². The highest BCUT2D eigenvalue weighted by Crippen LogP contribution is 2.42. The van der Waals surface area contributed by atoms with Crippen molar-refractivity contribution < 1.29 is 33.4 Å². The van der Waals surface area contributed by atoms with Crippen molar-refractivity contribution in [2.75, 3.05) is 6.61 Å². The Morgan fingerprint density at radius 3 is 1.86 bits per heavy atom. The van der Waals surface area contributed by atoms with Gasteiger partial charge in [0.2, 0.25) is 5.54 Å². The molecule has 4 rings (SSSR count). The summed E-state index contributed by atoms with van der Waals surface area (Å²) in [5.41, 5.74) is 0.175. The normalized spacial score (nSPS) is 17.8. The van der Waals surface area contributed by atoms with Gasteiger partial charge in [0.15, 0.2) is 5.78 Å². The lowest BCUT2D eigenvalue weighted by Crippen LogP contribution is -2.63. The van der Waals surface area contributed by atoms with Crippen LogP contribution in [0, 0.1) is 0 Å². The van der Waals surface area contributed by atoms with Gasteiger partial charge in [-0.05, 0) is 48.2 Å². The molecule has 0 radical (unpaired) electrons. The number of amides is 2. The topological polar surface area (TPSA) is 102 Å². The minimum atomic E-state index is -2.21. The van der Waals surface area contributed by atoms with E-state index in [-0.39, 0.29) is 26.2 Å². The van der Waals surface area contributed by atoms with Gasteiger partial charge in [-0.15, -0.1) is 0 Å². The highest BCUT2D eigenvalue weighted by molar-refractivity contribution is 9.10. The highest BCUT2D eigenvalue weighted by atomic mass is 79.9. The van der Waals surface area contributed by atoms with E-state index in [9.17, 15) is 19.2 Å². The largest absolute Gasteiger partial charge is 0.464 e. The van der Waals surface area contributed by atoms with Crippen molar-refractivity contribution >= 4 is 45.4 Å². The number of Topliss-reactive ketones (excluding diaryl/α,β-unsaturated/α-hetero) is 1. The molecule has 0 N–H and O–H groups in total. The van der Waals surface area contributed by atoms with E-state index in [4.69, 9.17) is 14.2 Å². The van der Waals surface area contributed by atoms with E-state index in [1.54, 1.807) is 79.7 Å². The van der Waals surface area contributed by atoms with E-state index >= 15 is 0 Å². The van der Waals surface area contributed by atoms with Crippen molar-refractivity contribution in [3.63, 3.8) is 0 Å². The fraction of sp³-hybridized carbons (Fsp3) is 0.250. The van der Waals surface area contributed by atoms with Gasteiger partial charge in [-0.2, -0.15) is 5.01 Å². The first-order valence-electron chi connectivity index (χ1n) is 13.3. The molecule has 0 spiro atoms. The highest BCUT2D eigenvalue weighted by Gasteiger charge is 2.65. The van der Waals surface area contributed by atoms with E-state index in [0.717, 1.165) is 14.5 Å². The minimum absolute atomic E-state index is 0.0580. The molecule has 1 fully saturated rings. The number of hydrogen-bond acceptors (Lipinski definition) is 7. The van der Waals surface area contributed by atoms with Crippen LogP contribution in [0.4, 0.5) is 9.59 Å². The van der Waals surface area contributed by atoms with Crippen molar-refractivity contribution in [3.8, 4) is 0 Å². The van der Waals surface area contributed by atoms with E-state index in [2.05, 4.69) is 22.5 Å². The van der Waals surface area contributed by atoms with Crippen LogP contribution in [0.15, 0.2) is 96.0 Å². The summed E-state index contributed by atoms with van der Waals surface area (Å²) in [6, 6.07) is 24.0. The molecule has 9 nitrogen and oxygen atoms in total. The average molecular weight is 636 g/mol. The molecule has 0 saturated carbocycles. The molecule has 10 heteroatoms. The average Bonchev–Trinajstić information content (AvgIpc) is 3.38. The maximum atomic E-state index is 13.8. The smallest absolute Gasteiger partial charge is 0.430 e. The standard InChI is InChI=1S/C32H31BrN2O7/c1-4-40-29(37)32(23(3)36)19-28(22(2)26-15-17-27(33)18-16-26)34(30(38)41-20-24-11-7-5-8-12-24)35(32)31(39)42-21-25-13-9-6-10-14-25/h5-18,28H,2,4,19-21H2,1,3H3/t28-,32+/m0/s1. The first-order chi connectivity index (χ1) is 20.2. The van der Waals surface area contributed by atoms with Crippen molar-refractivity contribution in [1.29, 1.82) is 0 Å². The Kier molecular flexibility index (Phi) is 9.80. The van der Waals surface area contributed by atoms with Crippen molar-refractivity contribution in [1.82, 2.24) is 10.0 Å². The molecule has 0 aliphatic carbocycles. The number of carbonyl (C=O) groups is 4. The molecule has 0 bridgehead atoms. The molecule has 2 atom stereocenters. The van der Waals surface area contributed by atoms with Crippen LogP contribution in [0.25, 0.3) is 5.57 Å². The second-order valence-corrected chi connectivity index (χ2v) is 10.5. The molecular weight excluding hydrogens is 604 g/mol. The van der Waals surface area contributed by atoms with Crippen LogP contribution in [0.1, 0.15) is 37.0 Å². The molecular formula is C32H31BrN2O7. The van der Waals surface area contributed by atoms with Gasteiger partial charge in [0.25, 0.3) is 0 Å². The number of rotatable bonds is 9. The second kappa shape index (κ2) is 13.5. The zero-order chi connectivity index (χ0) is 30.3. The Hall–Kier alpha value is -4.44. The first-order valence-corrected chi connectivity index (χ1v) is 14.1. The van der Waals surface area contributed by atoms with Crippen LogP contribution in [-0.4, -0.2) is 52.1 Å². The molecule has 218 valence electrons. The van der Waals surface area contributed by atoms with Crippen LogP contribution in [0.2, 0.25) is 0 Å². The third kappa shape index (κ3) is 6.38. The second-order valence-electron chi connectivity index (χ2n) is 9.63. The predicted octanol–water partition coefficient (Wildman–Crippen LogP) is 6.32. The Morgan fingerprint density at radius 1 is 0.833 bits per heavy atom. The Labute approximate surface area is 252 Å². The van der Waals surface area contributed by atoms with Crippen molar-refractivity contribution in [2.24, 2.45) is 0 Å². The summed E-state index contributed by atoms with van der Waals surface area (Å²) >= 11 is 3.40. The van der Waals surface area contributed by atoms with Gasteiger partial charge < -0.3 is 14.2 Å². The van der Waals surface area contributed by atoms with Crippen LogP contribution >= 0.6 is 15.9 Å². The SMILES string of the molecule is C=C(c1ccc(Br)cc1)[C@@H]1C[C@@](C(C)=O)(C(=O)OCC)N(C(=O)OCc2ccccc2)N1C(=O)OCc1ccccc1. The number of hydrazine groups is 1. The molecule has 3 aromatic carbocycles. The van der Waals surface area contributed by atoms with Crippen molar-refractivity contribution in [2.45, 2.75) is 45.1 Å². The van der Waals surface area contributed by atoms with Gasteiger partial charge in [0.05, 0.1) is 12.6 Å². The maximum absolute atomic E-state index is 13.8. The van der Waals surface area contributed by atoms with Gasteiger partial charge in [0.1, 0.15) is 13.2 Å². The number of carbonyl (C=O) groups excluding carboxylic acids is 4. The maximum Gasteiger partial charge on any atom is 0.430 e. The van der Waals surface area contributed by atoms with E-state index in [0.29, 0.717) is 22.3 Å². The number of esters is 1. The zero-order valence-electron chi connectivity index (χ0n) is 23.3. The summed E-state index contributed by atoms with van der Waals surface area (Å²) in [5, 5.41) is 1.71. The summed E-state index contributed by atoms with van der Waals surface area (Å²) in [6.07, 6.45) is -2.37. The molecule has 0 unspecified atom stereocenters. The minimum Gasteiger partial charge on any atom is -0.464 e. The summed E-state index contributed by atoms with van der Waals surface area (Å²) in [6.45, 7) is 6.61. The van der Waals surface area contributed by atoms with Crippen LogP contribution < -0.4 is 0 Å². The van der Waals surface area contributed by atoms with E-state index < -0.39 is 35.5 Å². The van der Waals surface area contributed by atoms with Crippen molar-refractivity contribution in [3.05, 3.63) is 113 Å². The van der Waals surface area contributed by atoms with E-state index in [1.807, 2.05) is 12.1 Å². The van der Waals surface area contributed by atoms with Crippen LogP contribution in [0.3, 0.4) is 0 Å². The predicted molar refractivity (Wildman–Crippen MR) is 159 cm³/mol. The summed E-state index contributed by atoms with van der Waals surface area (Å²) in [7, 11) is 0. The summed E-state index contributed by atoms with van der Waals surface area (Å²) in [5.74, 6) is -1.69. The number of benzene rings is 3. The third-order valence-electron chi connectivity index (χ3n) is 6.94. The quantitative estimate of drug-likeness (QED) is 0.154. The third-order valence-corrected chi connectivity index (χ3v) is 7.47. The molecule has 3 aromatic rings. The lowest BCUT2D eigenvalue weighted by molar-refractivity contribution is -0.165. The number of halogens is 1. The van der Waals surface area contributed by atoms with Crippen LogP contribution in [-0.2, 0) is 37.0 Å². The number of ketones is 1. The van der Waals surface area contributed by atoms with Gasteiger partial charge >= 0.3 is 18.2 Å². The monoisotopic (exact) mass is 634 g/mol. The number of ether oxygens (including phenoxy) is 3. The Balaban J connectivity index is 1.79. The van der Waals surface area contributed by atoms with Gasteiger partial charge in [-0.3, -0.25) is 4.79 Å². The summed E-state index contributed by atoms with van der Waals surface area (Å²) in [4.78, 5) is 54.7. The molecule has 1 aliphatic rings. The van der Waals surface area contributed by atoms with E-state index in [1.165, 1.54) is 6.92 Å². The lowest BCUT2D eigenvalue weighted by Gasteiger charge is -2.37.